The van der Waals surface area contributed by atoms with E-state index in [0.29, 0.717) is 22.3 Å². The Balaban J connectivity index is 1.49. The summed E-state index contributed by atoms with van der Waals surface area (Å²) in [5.41, 5.74) is 0.842. The summed E-state index contributed by atoms with van der Waals surface area (Å²) in [4.78, 5) is 4.20. The van der Waals surface area contributed by atoms with Crippen LogP contribution in [0.25, 0.3) is 11.7 Å². The molecule has 0 spiro atoms. The van der Waals surface area contributed by atoms with Gasteiger partial charge >= 0.3 is 0 Å². The number of anilines is 2. The Morgan fingerprint density at radius 1 is 1.07 bits per heavy atom. The number of rotatable bonds is 7. The summed E-state index contributed by atoms with van der Waals surface area (Å²) >= 11 is 6.09. The summed E-state index contributed by atoms with van der Waals surface area (Å²) in [6.07, 6.45) is 0. The highest BCUT2D eigenvalue weighted by Crippen LogP contribution is 2.30. The fourth-order valence-electron chi connectivity index (χ4n) is 2.67. The molecule has 0 fully saturated rings. The summed E-state index contributed by atoms with van der Waals surface area (Å²) in [6, 6.07) is 19.9. The van der Waals surface area contributed by atoms with Crippen LogP contribution in [0, 0.1) is 11.3 Å². The smallest absolute Gasteiger partial charge is 0.266 e. The number of halogens is 1. The number of para-hydroxylation sites is 1. The van der Waals surface area contributed by atoms with E-state index in [9.17, 15) is 5.26 Å². The van der Waals surface area contributed by atoms with Crippen molar-refractivity contribution in [3.8, 4) is 29.2 Å². The summed E-state index contributed by atoms with van der Waals surface area (Å²) in [7, 11) is 1.59. The molecule has 2 aromatic carbocycles. The molecule has 150 valence electrons. The van der Waals surface area contributed by atoms with Crippen LogP contribution >= 0.6 is 11.6 Å². The number of ether oxygens (including phenoxy) is 2. The van der Waals surface area contributed by atoms with Gasteiger partial charge in [-0.3, -0.25) is 0 Å². The van der Waals surface area contributed by atoms with Crippen molar-refractivity contribution in [2.75, 3.05) is 12.4 Å². The Morgan fingerprint density at radius 3 is 2.60 bits per heavy atom. The van der Waals surface area contributed by atoms with Gasteiger partial charge in [0.15, 0.2) is 5.76 Å². The molecule has 0 amide bonds. The number of methoxy groups -OCH3 is 1. The molecule has 0 atom stereocenters. The number of nitrogens with zero attached hydrogens (tertiary/aromatic N) is 2. The minimum Gasteiger partial charge on any atom is -0.497 e. The molecule has 30 heavy (non-hydrogen) atoms. The maximum atomic E-state index is 9.38. The van der Waals surface area contributed by atoms with Crippen molar-refractivity contribution in [3.63, 3.8) is 0 Å². The zero-order chi connectivity index (χ0) is 20.9. The number of hydrogen-bond donors (Lipinski definition) is 1. The molecule has 4 aromatic rings. The Kier molecular flexibility index (Phi) is 5.59. The first-order valence-corrected chi connectivity index (χ1v) is 9.32. The highest BCUT2D eigenvalue weighted by Gasteiger charge is 2.18. The average molecular weight is 422 g/mol. The molecule has 0 aliphatic rings. The number of furan rings is 1. The number of benzene rings is 2. The molecule has 0 radical (unpaired) electrons. The Hall–Kier alpha value is -3.89. The second kappa shape index (κ2) is 8.64. The average Bonchev–Trinajstić information content (AvgIpc) is 3.40. The first-order valence-electron chi connectivity index (χ1n) is 8.94. The molecular formula is C22H16ClN3O4. The van der Waals surface area contributed by atoms with Crippen molar-refractivity contribution >= 4 is 23.2 Å². The first kappa shape index (κ1) is 19.4. The van der Waals surface area contributed by atoms with Crippen LogP contribution < -0.4 is 14.8 Å². The lowest BCUT2D eigenvalue weighted by atomic mass is 10.3. The van der Waals surface area contributed by atoms with Crippen molar-refractivity contribution in [2.24, 2.45) is 0 Å². The van der Waals surface area contributed by atoms with Gasteiger partial charge in [-0.25, -0.2) is 0 Å². The number of aromatic nitrogens is 1. The van der Waals surface area contributed by atoms with E-state index in [2.05, 4.69) is 10.3 Å². The fourth-order valence-corrected chi connectivity index (χ4v) is 2.86. The minimum absolute atomic E-state index is 0.117. The van der Waals surface area contributed by atoms with Crippen LogP contribution in [-0.2, 0) is 6.61 Å². The van der Waals surface area contributed by atoms with E-state index < -0.39 is 0 Å². The summed E-state index contributed by atoms with van der Waals surface area (Å²) in [5.74, 6) is 2.64. The molecule has 7 nitrogen and oxygen atoms in total. The monoisotopic (exact) mass is 421 g/mol. The third-order valence-electron chi connectivity index (χ3n) is 4.16. The highest BCUT2D eigenvalue weighted by atomic mass is 35.5. The lowest BCUT2D eigenvalue weighted by molar-refractivity contribution is 0.271. The van der Waals surface area contributed by atoms with Crippen molar-refractivity contribution in [2.45, 2.75) is 6.61 Å². The van der Waals surface area contributed by atoms with Crippen molar-refractivity contribution in [1.29, 1.82) is 5.26 Å². The molecule has 4 rings (SSSR count). The molecule has 0 unspecified atom stereocenters. The third kappa shape index (κ3) is 4.24. The van der Waals surface area contributed by atoms with E-state index >= 15 is 0 Å². The lowest BCUT2D eigenvalue weighted by Crippen LogP contribution is -1.93. The molecule has 0 aliphatic heterocycles. The van der Waals surface area contributed by atoms with E-state index in [4.69, 9.17) is 29.9 Å². The molecule has 0 aliphatic carbocycles. The standard InChI is InChI=1S/C22H16ClN3O4/c1-27-15-8-6-14(7-9-15)25-21-18(12-24)26-22(30-21)20-11-10-16(29-20)13-28-19-5-3-2-4-17(19)23/h2-11,25H,13H2,1H3. The Bertz CT molecular complexity index is 1190. The van der Waals surface area contributed by atoms with Crippen LogP contribution in [0.4, 0.5) is 11.6 Å². The molecule has 1 N–H and O–H groups in total. The molecule has 0 saturated heterocycles. The van der Waals surface area contributed by atoms with E-state index in [1.54, 1.807) is 55.6 Å². The fraction of sp³-hybridized carbons (Fsp3) is 0.0909. The van der Waals surface area contributed by atoms with Gasteiger partial charge < -0.3 is 23.6 Å². The van der Waals surface area contributed by atoms with Gasteiger partial charge in [0.05, 0.1) is 12.1 Å². The summed E-state index contributed by atoms with van der Waals surface area (Å²) in [5, 5.41) is 12.9. The maximum absolute atomic E-state index is 9.38. The summed E-state index contributed by atoms with van der Waals surface area (Å²) < 4.78 is 22.3. The quantitative estimate of drug-likeness (QED) is 0.403. The van der Waals surface area contributed by atoms with E-state index in [1.165, 1.54) is 0 Å². The second-order valence-electron chi connectivity index (χ2n) is 6.15. The number of oxazole rings is 1. The van der Waals surface area contributed by atoms with Crippen LogP contribution in [0.15, 0.2) is 69.5 Å². The molecule has 2 aromatic heterocycles. The molecular weight excluding hydrogens is 406 g/mol. The number of nitriles is 1. The largest absolute Gasteiger partial charge is 0.497 e. The topological polar surface area (TPSA) is 93.4 Å². The molecule has 0 saturated carbocycles. The highest BCUT2D eigenvalue weighted by molar-refractivity contribution is 6.32. The normalized spacial score (nSPS) is 10.4. The van der Waals surface area contributed by atoms with E-state index in [-0.39, 0.29) is 24.1 Å². The van der Waals surface area contributed by atoms with Gasteiger partial charge in [-0.1, -0.05) is 23.7 Å². The predicted molar refractivity (Wildman–Crippen MR) is 111 cm³/mol. The number of nitrogens with one attached hydrogen (secondary N) is 1. The van der Waals surface area contributed by atoms with Gasteiger partial charge in [0, 0.05) is 5.69 Å². The Labute approximate surface area is 177 Å². The van der Waals surface area contributed by atoms with Crippen LogP contribution in [0.2, 0.25) is 5.02 Å². The van der Waals surface area contributed by atoms with Gasteiger partial charge in [-0.2, -0.15) is 10.2 Å². The molecule has 0 bridgehead atoms. The molecule has 8 heteroatoms. The van der Waals surface area contributed by atoms with E-state index in [0.717, 1.165) is 11.4 Å². The first-order chi connectivity index (χ1) is 14.7. The zero-order valence-corrected chi connectivity index (χ0v) is 16.6. The van der Waals surface area contributed by atoms with Gasteiger partial charge in [0.2, 0.25) is 11.6 Å². The number of hydrogen-bond acceptors (Lipinski definition) is 7. The zero-order valence-electron chi connectivity index (χ0n) is 15.9. The van der Waals surface area contributed by atoms with Gasteiger partial charge in [0.25, 0.3) is 5.89 Å². The van der Waals surface area contributed by atoms with Crippen molar-refractivity contribution < 1.29 is 18.3 Å². The second-order valence-corrected chi connectivity index (χ2v) is 6.55. The lowest BCUT2D eigenvalue weighted by Gasteiger charge is -2.05. The molecule has 2 heterocycles. The van der Waals surface area contributed by atoms with Crippen molar-refractivity contribution in [1.82, 2.24) is 4.98 Å². The van der Waals surface area contributed by atoms with Crippen LogP contribution in [0.3, 0.4) is 0 Å². The minimum atomic E-state index is 0.117. The van der Waals surface area contributed by atoms with Crippen molar-refractivity contribution in [3.05, 3.63) is 77.1 Å². The maximum Gasteiger partial charge on any atom is 0.266 e. The van der Waals surface area contributed by atoms with Crippen LogP contribution in [0.1, 0.15) is 11.5 Å². The summed E-state index contributed by atoms with van der Waals surface area (Å²) in [6.45, 7) is 0.187. The third-order valence-corrected chi connectivity index (χ3v) is 4.47. The van der Waals surface area contributed by atoms with Crippen LogP contribution in [0.5, 0.6) is 11.5 Å². The Morgan fingerprint density at radius 2 is 1.87 bits per heavy atom. The van der Waals surface area contributed by atoms with Gasteiger partial charge in [0.1, 0.15) is 29.9 Å². The van der Waals surface area contributed by atoms with E-state index in [1.807, 2.05) is 18.2 Å². The van der Waals surface area contributed by atoms with Crippen LogP contribution in [-0.4, -0.2) is 12.1 Å². The SMILES string of the molecule is COc1ccc(Nc2oc(-c3ccc(COc4ccccc4Cl)o3)nc2C#N)cc1. The predicted octanol–water partition coefficient (Wildman–Crippen LogP) is 5.79. The van der Waals surface area contributed by atoms with Gasteiger partial charge in [-0.15, -0.1) is 0 Å². The van der Waals surface area contributed by atoms with Gasteiger partial charge in [-0.05, 0) is 48.5 Å².